The minimum absolute atomic E-state index is 0. The number of aromatic carboxylic acids is 1. The number of ether oxygens (including phenoxy) is 2. The van der Waals surface area contributed by atoms with Crippen LogP contribution in [0.4, 0.5) is 0 Å². The minimum Gasteiger partial charge on any atom is -0.870 e. The molecule has 14 heteroatoms. The van der Waals surface area contributed by atoms with Gasteiger partial charge in [0.2, 0.25) is 6.54 Å². The van der Waals surface area contributed by atoms with Crippen molar-refractivity contribution in [1.29, 1.82) is 0 Å². The number of carboxylic acids is 1. The Bertz CT molecular complexity index is 1660. The summed E-state index contributed by atoms with van der Waals surface area (Å²) in [6.45, 7) is 21.2. The molecule has 0 aliphatic heterocycles. The van der Waals surface area contributed by atoms with Crippen molar-refractivity contribution in [3.63, 3.8) is 0 Å². The van der Waals surface area contributed by atoms with E-state index in [9.17, 15) is 14.4 Å². The van der Waals surface area contributed by atoms with Crippen molar-refractivity contribution >= 4 is 45.4 Å². The summed E-state index contributed by atoms with van der Waals surface area (Å²) in [5.41, 5.74) is 2.47. The van der Waals surface area contributed by atoms with Gasteiger partial charge in [-0.15, -0.1) is 11.6 Å². The first-order valence-electron chi connectivity index (χ1n) is 14.0. The average Bonchev–Trinajstić information content (AvgIpc) is 4.04. The number of halogens is 2. The maximum atomic E-state index is 11.5. The summed E-state index contributed by atoms with van der Waals surface area (Å²) in [5, 5.41) is 9.85. The molecule has 0 heterocycles. The van der Waals surface area contributed by atoms with Gasteiger partial charge in [0.15, 0.2) is 0 Å². The quantitative estimate of drug-likeness (QED) is 0.144. The monoisotopic (exact) mass is 779 g/mol. The number of benzene rings is 3. The molecule has 0 saturated heterocycles. The summed E-state index contributed by atoms with van der Waals surface area (Å²) in [5.74, 6) is -0.990. The molecule has 2 aliphatic rings. The van der Waals surface area contributed by atoms with Crippen LogP contribution in [-0.4, -0.2) is 59.4 Å². The van der Waals surface area contributed by atoms with E-state index in [-0.39, 0.29) is 68.7 Å². The van der Waals surface area contributed by atoms with Crippen molar-refractivity contribution in [3.8, 4) is 0 Å². The maximum Gasteiger partial charge on any atom is 1.00 e. The van der Waals surface area contributed by atoms with Crippen LogP contribution in [0.1, 0.15) is 88.3 Å². The first-order valence-corrected chi connectivity index (χ1v) is 15.7. The molecule has 5 rings (SSSR count). The summed E-state index contributed by atoms with van der Waals surface area (Å²) in [6, 6.07) is 20.9. The van der Waals surface area contributed by atoms with Crippen LogP contribution in [0.2, 0.25) is 0 Å². The van der Waals surface area contributed by atoms with Crippen molar-refractivity contribution in [1.82, 2.24) is 0 Å². The van der Waals surface area contributed by atoms with Crippen molar-refractivity contribution < 1.29 is 58.8 Å². The molecule has 3 aromatic carbocycles. The number of nitrogens with zero attached hydrogens (tertiary/aromatic N) is 3. The van der Waals surface area contributed by atoms with Crippen molar-refractivity contribution in [3.05, 3.63) is 140 Å². The number of methoxy groups -OCH3 is 2. The molecule has 51 heavy (non-hydrogen) atoms. The van der Waals surface area contributed by atoms with E-state index < -0.39 is 17.0 Å². The third-order valence-corrected chi connectivity index (χ3v) is 8.15. The van der Waals surface area contributed by atoms with Crippen LogP contribution in [0.15, 0.2) is 72.8 Å². The molecule has 4 N–H and O–H groups in total. The van der Waals surface area contributed by atoms with Crippen LogP contribution in [0, 0.1) is 19.7 Å². The molecular weight excluding hydrogens is 737 g/mol. The van der Waals surface area contributed by atoms with Crippen molar-refractivity contribution in [2.45, 2.75) is 58.2 Å². The molecule has 0 unspecified atom stereocenters. The van der Waals surface area contributed by atoms with Gasteiger partial charge in [0.05, 0.1) is 42.0 Å². The Morgan fingerprint density at radius 1 is 0.765 bits per heavy atom. The zero-order valence-corrected chi connectivity index (χ0v) is 29.8. The predicted octanol–water partition coefficient (Wildman–Crippen LogP) is 5.46. The maximum absolute atomic E-state index is 11.5. The number of carbonyl (C=O) groups excluding carboxylic acids is 2. The molecule has 2 fully saturated rings. The van der Waals surface area contributed by atoms with Gasteiger partial charge in [0.1, 0.15) is 0 Å². The predicted molar refractivity (Wildman–Crippen MR) is 198 cm³/mol. The van der Waals surface area contributed by atoms with Gasteiger partial charge in [-0.3, -0.25) is 0 Å². The van der Waals surface area contributed by atoms with Crippen LogP contribution in [0.3, 0.4) is 0 Å². The molecular formula is C37H44BrClLiN3O8. The number of esters is 2. The topological polar surface area (TPSA) is 164 Å². The van der Waals surface area contributed by atoms with E-state index in [1.165, 1.54) is 14.2 Å². The number of carbonyl (C=O) groups is 3. The van der Waals surface area contributed by atoms with Gasteiger partial charge >= 0.3 is 36.8 Å². The largest absolute Gasteiger partial charge is 1.00 e. The molecule has 3 aromatic rings. The number of carboxylic acid groups (broad SMARTS) is 1. The Kier molecular flexibility index (Phi) is 28.0. The number of hydrogen-bond donors (Lipinski definition) is 1. The van der Waals surface area contributed by atoms with Gasteiger partial charge in [-0.25, -0.2) is 34.1 Å². The molecule has 0 bridgehead atoms. The molecule has 0 spiro atoms. The smallest absolute Gasteiger partial charge is 0.870 e. The van der Waals surface area contributed by atoms with Gasteiger partial charge in [-0.1, -0.05) is 85.4 Å². The first kappa shape index (κ1) is 53.6. The SMILES string of the molecule is C.C.ClCCBr.O.[C-]#[N+]C1(c2ccccc2C(=O)O)CC1.[C-]#[N+]C1(c2ccccc2C(=O)OC)CC1.[C-]#[N+]Cc1ccccc1C(=O)OC.[Li+].[OH-]. The number of alkyl halides is 2. The van der Waals surface area contributed by atoms with Crippen molar-refractivity contribution in [2.24, 2.45) is 0 Å². The fourth-order valence-corrected chi connectivity index (χ4v) is 4.42. The van der Waals surface area contributed by atoms with E-state index in [1.54, 1.807) is 60.7 Å². The van der Waals surface area contributed by atoms with Gasteiger partial charge in [0.25, 0.3) is 11.1 Å². The zero-order valence-electron chi connectivity index (χ0n) is 27.4. The standard InChI is InChI=1S/C12H11NO2.C11H9NO2.C10H9NO2.C2H4BrCl.2CH4.Li.2H2O/c1-13-12(7-8-12)10-6-4-3-5-9(10)11(14)15-2;1-12-11(6-7-11)9-5-3-2-4-8(9)10(13)14;1-11-7-8-5-3-4-6-9(8)10(12)13-2;3-1-2-4;;;;;/h3-6H,7-8H2,2H3;2-5H,6-7H2,(H,13,14);3-6H,7H2,2H3;1-2H2;2*1H4;;2*1H2/q;;;;;;+1;;/p-1. The first-order chi connectivity index (χ1) is 22.1. The fraction of sp³-hybridized carbons (Fsp3) is 0.351. The third-order valence-electron chi connectivity index (χ3n) is 7.11. The number of hydrogen-bond acceptors (Lipinski definition) is 6. The summed E-state index contributed by atoms with van der Waals surface area (Å²) in [4.78, 5) is 44.0. The van der Waals surface area contributed by atoms with E-state index in [0.29, 0.717) is 28.1 Å². The molecule has 270 valence electrons. The van der Waals surface area contributed by atoms with Gasteiger partial charge < -0.3 is 40.1 Å². The van der Waals surface area contributed by atoms with E-state index in [0.717, 1.165) is 36.6 Å². The Morgan fingerprint density at radius 3 is 1.47 bits per heavy atom. The molecule has 0 aromatic heterocycles. The summed E-state index contributed by atoms with van der Waals surface area (Å²) < 4.78 is 9.28. The van der Waals surface area contributed by atoms with E-state index in [2.05, 4.69) is 35.2 Å². The second-order valence-electron chi connectivity index (χ2n) is 10.0. The number of rotatable bonds is 7. The Morgan fingerprint density at radius 2 is 1.12 bits per heavy atom. The van der Waals surface area contributed by atoms with Crippen LogP contribution >= 0.6 is 27.5 Å². The molecule has 0 amide bonds. The molecule has 11 nitrogen and oxygen atoms in total. The van der Waals surface area contributed by atoms with E-state index >= 15 is 0 Å². The molecule has 2 saturated carbocycles. The third kappa shape index (κ3) is 14.9. The van der Waals surface area contributed by atoms with Gasteiger partial charge in [-0.05, 0) is 18.2 Å². The van der Waals surface area contributed by atoms with Crippen LogP contribution in [0.5, 0.6) is 0 Å². The Labute approximate surface area is 326 Å². The van der Waals surface area contributed by atoms with E-state index in [1.807, 2.05) is 12.1 Å². The minimum atomic E-state index is -0.949. The average molecular weight is 781 g/mol. The second kappa shape index (κ2) is 26.6. The molecule has 2 aliphatic carbocycles. The molecule has 0 atom stereocenters. The zero-order chi connectivity index (χ0) is 34.2. The second-order valence-corrected chi connectivity index (χ2v) is 11.2. The van der Waals surface area contributed by atoms with Crippen molar-refractivity contribution in [2.75, 3.05) is 25.4 Å². The van der Waals surface area contributed by atoms with Gasteiger partial charge in [-0.2, -0.15) is 0 Å². The van der Waals surface area contributed by atoms with Gasteiger partial charge in [0, 0.05) is 42.5 Å². The van der Waals surface area contributed by atoms with Crippen LogP contribution in [0.25, 0.3) is 14.5 Å². The Hall–Kier alpha value is -4.17. The van der Waals surface area contributed by atoms with E-state index in [4.69, 9.17) is 41.2 Å². The fourth-order valence-electron chi connectivity index (χ4n) is 4.42. The summed E-state index contributed by atoms with van der Waals surface area (Å²) in [6.07, 6.45) is 3.23. The Balaban J connectivity index is -0.000000295. The summed E-state index contributed by atoms with van der Waals surface area (Å²) >= 11 is 8.26. The normalized spacial score (nSPS) is 12.4. The molecule has 0 radical (unpaired) electrons. The summed E-state index contributed by atoms with van der Waals surface area (Å²) in [7, 11) is 2.69. The van der Waals surface area contributed by atoms with Crippen LogP contribution < -0.4 is 18.9 Å². The van der Waals surface area contributed by atoms with Crippen LogP contribution in [-0.2, 0) is 27.1 Å².